The smallest absolute Gasteiger partial charge is 0.253 e. The minimum absolute atomic E-state index is 0.0770. The first-order valence-electron chi connectivity index (χ1n) is 9.33. The van der Waals surface area contributed by atoms with Crippen LogP contribution in [0.15, 0.2) is 36.4 Å². The molecule has 4 nitrogen and oxygen atoms in total. The van der Waals surface area contributed by atoms with E-state index < -0.39 is 0 Å². The molecule has 3 rings (SSSR count). The molecule has 0 atom stereocenters. The van der Waals surface area contributed by atoms with Gasteiger partial charge in [0.05, 0.1) is 7.11 Å². The molecule has 1 amide bonds. The highest BCUT2D eigenvalue weighted by Gasteiger charge is 2.22. The Bertz CT molecular complexity index is 813. The molecule has 0 unspecified atom stereocenters. The molecule has 1 saturated heterocycles. The fourth-order valence-corrected chi connectivity index (χ4v) is 3.40. The van der Waals surface area contributed by atoms with Crippen molar-refractivity contribution in [3.63, 3.8) is 0 Å². The molecule has 0 saturated carbocycles. The van der Waals surface area contributed by atoms with Crippen molar-refractivity contribution in [1.82, 2.24) is 4.90 Å². The van der Waals surface area contributed by atoms with Crippen molar-refractivity contribution in [3.05, 3.63) is 58.1 Å². The first-order chi connectivity index (χ1) is 13.0. The number of methoxy groups -OCH3 is 1. The highest BCUT2D eigenvalue weighted by atomic mass is 35.5. The Morgan fingerprint density at radius 3 is 2.59 bits per heavy atom. The Labute approximate surface area is 166 Å². The van der Waals surface area contributed by atoms with Crippen LogP contribution in [0.2, 0.25) is 5.02 Å². The molecular weight excluding hydrogens is 362 g/mol. The van der Waals surface area contributed by atoms with E-state index in [0.717, 1.165) is 42.8 Å². The van der Waals surface area contributed by atoms with Crippen molar-refractivity contribution in [2.45, 2.75) is 33.3 Å². The number of nitrogens with zero attached hydrogens (tertiary/aromatic N) is 1. The van der Waals surface area contributed by atoms with E-state index in [9.17, 15) is 4.79 Å². The minimum Gasteiger partial charge on any atom is -0.496 e. The SMILES string of the molecule is COc1ccc(C(=O)N2CCC(C)CC2)cc1COc1ccc(Cl)c(C)c1. The molecule has 144 valence electrons. The Balaban J connectivity index is 1.74. The van der Waals surface area contributed by atoms with Gasteiger partial charge in [0.25, 0.3) is 5.91 Å². The van der Waals surface area contributed by atoms with Crippen LogP contribution in [-0.4, -0.2) is 31.0 Å². The van der Waals surface area contributed by atoms with Crippen molar-refractivity contribution in [2.24, 2.45) is 5.92 Å². The van der Waals surface area contributed by atoms with Gasteiger partial charge in [-0.1, -0.05) is 18.5 Å². The molecular formula is C22H26ClNO3. The van der Waals surface area contributed by atoms with Gasteiger partial charge in [-0.15, -0.1) is 0 Å². The number of amides is 1. The molecule has 1 aliphatic rings. The van der Waals surface area contributed by atoms with Gasteiger partial charge in [0, 0.05) is 29.2 Å². The first-order valence-corrected chi connectivity index (χ1v) is 9.71. The number of piperidine rings is 1. The van der Waals surface area contributed by atoms with E-state index in [1.807, 2.05) is 48.2 Å². The van der Waals surface area contributed by atoms with Crippen LogP contribution in [0.1, 0.15) is 41.3 Å². The second kappa shape index (κ2) is 8.66. The van der Waals surface area contributed by atoms with Gasteiger partial charge in [0.15, 0.2) is 0 Å². The maximum absolute atomic E-state index is 12.8. The molecule has 27 heavy (non-hydrogen) atoms. The van der Waals surface area contributed by atoms with Gasteiger partial charge in [-0.2, -0.15) is 0 Å². The summed E-state index contributed by atoms with van der Waals surface area (Å²) in [7, 11) is 1.62. The average molecular weight is 388 g/mol. The molecule has 0 aliphatic carbocycles. The average Bonchev–Trinajstić information content (AvgIpc) is 2.68. The monoisotopic (exact) mass is 387 g/mol. The van der Waals surface area contributed by atoms with Crippen molar-refractivity contribution in [3.8, 4) is 11.5 Å². The minimum atomic E-state index is 0.0770. The maximum Gasteiger partial charge on any atom is 0.253 e. The van der Waals surface area contributed by atoms with Gasteiger partial charge in [0.2, 0.25) is 0 Å². The zero-order valence-corrected chi connectivity index (χ0v) is 16.9. The molecule has 1 heterocycles. The fourth-order valence-electron chi connectivity index (χ4n) is 3.29. The summed E-state index contributed by atoms with van der Waals surface area (Å²) >= 11 is 6.07. The largest absolute Gasteiger partial charge is 0.496 e. The van der Waals surface area contributed by atoms with E-state index in [1.54, 1.807) is 7.11 Å². The Kier molecular flexibility index (Phi) is 6.27. The quantitative estimate of drug-likeness (QED) is 0.715. The second-order valence-electron chi connectivity index (χ2n) is 7.20. The van der Waals surface area contributed by atoms with Crippen LogP contribution in [0.25, 0.3) is 0 Å². The van der Waals surface area contributed by atoms with Gasteiger partial charge in [0.1, 0.15) is 18.1 Å². The lowest BCUT2D eigenvalue weighted by Crippen LogP contribution is -2.37. The van der Waals surface area contributed by atoms with Crippen molar-refractivity contribution >= 4 is 17.5 Å². The summed E-state index contributed by atoms with van der Waals surface area (Å²) in [6, 6.07) is 11.1. The van der Waals surface area contributed by atoms with E-state index in [2.05, 4.69) is 6.92 Å². The van der Waals surface area contributed by atoms with Crippen LogP contribution in [0, 0.1) is 12.8 Å². The number of benzene rings is 2. The van der Waals surface area contributed by atoms with E-state index >= 15 is 0 Å². The number of ether oxygens (including phenoxy) is 2. The summed E-state index contributed by atoms with van der Waals surface area (Å²) in [5.41, 5.74) is 2.49. The van der Waals surface area contributed by atoms with Gasteiger partial charge in [-0.25, -0.2) is 0 Å². The summed E-state index contributed by atoms with van der Waals surface area (Å²) in [6.07, 6.45) is 2.13. The Morgan fingerprint density at radius 1 is 1.19 bits per heavy atom. The number of hydrogen-bond acceptors (Lipinski definition) is 3. The fraction of sp³-hybridized carbons (Fsp3) is 0.409. The van der Waals surface area contributed by atoms with Crippen LogP contribution in [-0.2, 0) is 6.61 Å². The molecule has 0 radical (unpaired) electrons. The zero-order valence-electron chi connectivity index (χ0n) is 16.1. The standard InChI is InChI=1S/C22H26ClNO3/c1-15-8-10-24(11-9-15)22(25)17-4-7-21(26-3)18(13-17)14-27-19-5-6-20(23)16(2)12-19/h4-7,12-13,15H,8-11,14H2,1-3H3. The van der Waals surface area contributed by atoms with Crippen LogP contribution in [0.3, 0.4) is 0 Å². The molecule has 0 N–H and O–H groups in total. The Hall–Kier alpha value is -2.20. The van der Waals surface area contributed by atoms with Crippen molar-refractivity contribution < 1.29 is 14.3 Å². The van der Waals surface area contributed by atoms with E-state index in [4.69, 9.17) is 21.1 Å². The molecule has 0 bridgehead atoms. The first kappa shape index (κ1) is 19.6. The molecule has 2 aromatic carbocycles. The lowest BCUT2D eigenvalue weighted by molar-refractivity contribution is 0.0697. The molecule has 5 heteroatoms. The lowest BCUT2D eigenvalue weighted by atomic mass is 9.98. The Morgan fingerprint density at radius 2 is 1.93 bits per heavy atom. The number of aryl methyl sites for hydroxylation is 1. The number of likely N-dealkylation sites (tertiary alicyclic amines) is 1. The summed E-state index contributed by atoms with van der Waals surface area (Å²) in [5, 5.41) is 0.711. The highest BCUT2D eigenvalue weighted by Crippen LogP contribution is 2.26. The summed E-state index contributed by atoms with van der Waals surface area (Å²) in [4.78, 5) is 14.8. The summed E-state index contributed by atoms with van der Waals surface area (Å²) in [5.74, 6) is 2.22. The van der Waals surface area contributed by atoms with Crippen molar-refractivity contribution in [1.29, 1.82) is 0 Å². The number of rotatable bonds is 5. The molecule has 0 spiro atoms. The number of carbonyl (C=O) groups excluding carboxylic acids is 1. The molecule has 1 fully saturated rings. The number of hydrogen-bond donors (Lipinski definition) is 0. The third-order valence-electron chi connectivity index (χ3n) is 5.12. The maximum atomic E-state index is 12.8. The third-order valence-corrected chi connectivity index (χ3v) is 5.55. The summed E-state index contributed by atoms with van der Waals surface area (Å²) in [6.45, 7) is 6.14. The summed E-state index contributed by atoms with van der Waals surface area (Å²) < 4.78 is 11.3. The van der Waals surface area contributed by atoms with Gasteiger partial charge in [-0.05, 0) is 67.6 Å². The van der Waals surface area contributed by atoms with Gasteiger partial charge >= 0.3 is 0 Å². The van der Waals surface area contributed by atoms with Crippen LogP contribution in [0.4, 0.5) is 0 Å². The van der Waals surface area contributed by atoms with Crippen LogP contribution < -0.4 is 9.47 Å². The van der Waals surface area contributed by atoms with Crippen LogP contribution in [0.5, 0.6) is 11.5 Å². The second-order valence-corrected chi connectivity index (χ2v) is 7.61. The highest BCUT2D eigenvalue weighted by molar-refractivity contribution is 6.31. The predicted molar refractivity (Wildman–Crippen MR) is 108 cm³/mol. The van der Waals surface area contributed by atoms with E-state index in [0.29, 0.717) is 28.9 Å². The predicted octanol–water partition coefficient (Wildman–Crippen LogP) is 5.11. The number of carbonyl (C=O) groups is 1. The molecule has 0 aromatic heterocycles. The zero-order chi connectivity index (χ0) is 19.4. The number of halogens is 1. The lowest BCUT2D eigenvalue weighted by Gasteiger charge is -2.30. The van der Waals surface area contributed by atoms with Gasteiger partial charge < -0.3 is 14.4 Å². The van der Waals surface area contributed by atoms with E-state index in [1.165, 1.54) is 0 Å². The third kappa shape index (κ3) is 4.75. The molecule has 2 aromatic rings. The van der Waals surface area contributed by atoms with Crippen LogP contribution >= 0.6 is 11.6 Å². The van der Waals surface area contributed by atoms with Crippen molar-refractivity contribution in [2.75, 3.05) is 20.2 Å². The molecule has 1 aliphatic heterocycles. The van der Waals surface area contributed by atoms with E-state index in [-0.39, 0.29) is 5.91 Å². The topological polar surface area (TPSA) is 38.8 Å². The normalized spacial score (nSPS) is 14.9. The van der Waals surface area contributed by atoms with Gasteiger partial charge in [-0.3, -0.25) is 4.79 Å².